The van der Waals surface area contributed by atoms with E-state index in [1.165, 1.54) is 56.0 Å². The number of anilines is 2. The van der Waals surface area contributed by atoms with Gasteiger partial charge in [-0.1, -0.05) is 110 Å². The summed E-state index contributed by atoms with van der Waals surface area (Å²) in [5.74, 6) is -3.16. The van der Waals surface area contributed by atoms with Crippen molar-refractivity contribution in [2.45, 2.75) is 248 Å². The summed E-state index contributed by atoms with van der Waals surface area (Å²) in [5, 5.41) is 51.6. The highest BCUT2D eigenvalue weighted by Gasteiger charge is 2.63. The number of hydrogen-bond acceptors (Lipinski definition) is 23. The number of methoxy groups -OCH3 is 2. The van der Waals surface area contributed by atoms with E-state index in [2.05, 4.69) is 42.5 Å². The van der Waals surface area contributed by atoms with Crippen LogP contribution >= 0.6 is 22.7 Å². The van der Waals surface area contributed by atoms with Crippen LogP contribution in [-0.4, -0.2) is 237 Å². The summed E-state index contributed by atoms with van der Waals surface area (Å²) in [6, 6.07) is 16.2. The van der Waals surface area contributed by atoms with Crippen molar-refractivity contribution in [1.29, 1.82) is 0 Å². The molecule has 5 aliphatic heterocycles. The second-order valence-corrected chi connectivity index (χ2v) is 41.2. The van der Waals surface area contributed by atoms with Crippen molar-refractivity contribution in [3.63, 3.8) is 0 Å². The lowest BCUT2D eigenvalue weighted by Gasteiger charge is -2.35. The molecular formula is C93H122N16O17S3. The molecule has 9 amide bonds. The van der Waals surface area contributed by atoms with E-state index in [1.54, 1.807) is 73.7 Å². The summed E-state index contributed by atoms with van der Waals surface area (Å²) in [6.07, 6.45) is 14.2. The van der Waals surface area contributed by atoms with Crippen LogP contribution in [0.15, 0.2) is 119 Å². The Balaban J connectivity index is 0.000000221. The number of carboxylic acid groups (broad SMARTS) is 2. The number of hydrogen-bond donors (Lipinski definition) is 10. The standard InChI is InChI=1S/C48H62N8O9S2.C45H60N8O8S/c1-29(2)49-46-52-38(28-66-46)37-24-40(34-21-20-31(64-7)22-36(34)50-37)65-32-23-39-42(57)54-48(44(59)60)25-30(48)16-12-9-8-10-15-19-35(43(58)56(39)26-32)51-45(61)53-41(47(3,4)5)27-55(6)67(62,63)33-17-13-11-14-18-33;1-26(2)46-43-49-34(25-62-43)33-21-36(30-17-16-28(60-6)19-32(30)47-33)61-29-20-35-39(55)51-45(41(57)58)22-27(45)13-10-8-7-9-11-14-31(40(56)53(35)23-29)48-42(59)50-37(44(3,4)5)24-52-18-12-15-38(52)54/h11-14,16-18,20-22,24,28-30,32,35,39,41H,8-10,15,19,23,25-27H2,1-7H3,(H,49,52)(H,54,57)(H,59,60)(H2,51,53,61);10,13,16-17,19,21,25-27,29,31,35,37H,7-9,11-12,14-15,18,20,22-24H2,1-6H3,(H,46,49)(H,51,55)(H,57,58)(H2,48,50,59)/b16-12-;13-10-/t30?,32-,35+,39+,41-,48-;27?,29-,31+,35+,37-,45-/m11/s1. The van der Waals surface area contributed by atoms with Gasteiger partial charge < -0.3 is 86.4 Å². The Bertz CT molecular complexity index is 5460. The molecule has 2 unspecified atom stereocenters. The van der Waals surface area contributed by atoms with Gasteiger partial charge in [0.15, 0.2) is 10.3 Å². The van der Waals surface area contributed by atoms with E-state index in [0.717, 1.165) is 48.8 Å². The number of urea groups is 2. The van der Waals surface area contributed by atoms with Crippen LogP contribution in [0.2, 0.25) is 0 Å². The van der Waals surface area contributed by atoms with Crippen LogP contribution in [-0.2, 0) is 43.6 Å². The maximum absolute atomic E-state index is 15.0. The molecule has 3 saturated heterocycles. The average Bonchev–Trinajstić information content (AvgIpc) is 1.65. The predicted molar refractivity (Wildman–Crippen MR) is 493 cm³/mol. The molecule has 12 atom stereocenters. The molecule has 3 aromatic carbocycles. The Morgan fingerprint density at radius 1 is 0.589 bits per heavy atom. The molecule has 9 heterocycles. The third-order valence-corrected chi connectivity index (χ3v) is 28.3. The van der Waals surface area contributed by atoms with Crippen LogP contribution in [0, 0.1) is 22.7 Å². The monoisotopic (exact) mass is 1830 g/mol. The number of thiazole rings is 2. The molecular weight excluding hydrogens is 1710 g/mol. The van der Waals surface area contributed by atoms with Crippen molar-refractivity contribution in [2.24, 2.45) is 22.7 Å². The zero-order chi connectivity index (χ0) is 92.6. The maximum Gasteiger partial charge on any atom is 0.330 e. The minimum atomic E-state index is -3.89. The van der Waals surface area contributed by atoms with E-state index in [-0.39, 0.29) is 80.5 Å². The number of carbonyl (C=O) groups excluding carboxylic acids is 7. The van der Waals surface area contributed by atoms with Gasteiger partial charge >= 0.3 is 24.0 Å². The predicted octanol–water partition coefficient (Wildman–Crippen LogP) is 12.1. The summed E-state index contributed by atoms with van der Waals surface area (Å²) in [6.45, 7) is 20.6. The number of sulfonamides is 1. The van der Waals surface area contributed by atoms with Gasteiger partial charge in [-0.15, -0.1) is 22.7 Å². The number of pyridine rings is 2. The van der Waals surface area contributed by atoms with E-state index < -0.39 is 134 Å². The SMILES string of the molecule is COc1ccc2c(O[C@@H]3C[C@H]4C(=O)N[C@]5(C(=O)O)CC5/C=C\CCCCC[C@H](NC(=O)N[C@H](CN(C)S(=O)(=O)c5ccccc5)C(C)(C)C)C(=O)N4C3)cc(-c3csc(NC(C)C)n3)nc2c1.COc1ccc2c(O[C@@H]3C[C@H]4C(=O)N[C@]5(C(=O)O)CC5/C=C\CCCCC[C@H](NC(=O)N[C@H](CN5CCCC5=O)C(C)(C)C)C(=O)N4C3)cc(-c3csc(NC(C)C)n3)nc2c1. The summed E-state index contributed by atoms with van der Waals surface area (Å²) < 4.78 is 52.8. The number of likely N-dealkylation sites (tertiary alicyclic amines) is 1. The van der Waals surface area contributed by atoms with Crippen LogP contribution < -0.4 is 61.5 Å². The number of carbonyl (C=O) groups is 9. The fraction of sp³-hybridized carbons (Fsp3) is 0.538. The number of fused-ring (bicyclic) bond motifs is 6. The van der Waals surface area contributed by atoms with Crippen molar-refractivity contribution < 1.29 is 80.7 Å². The third-order valence-electron chi connectivity index (χ3n) is 24.9. The first-order valence-corrected chi connectivity index (χ1v) is 47.8. The normalized spacial score (nSPS) is 24.5. The number of carboxylic acids is 2. The van der Waals surface area contributed by atoms with Crippen molar-refractivity contribution in [3.05, 3.63) is 114 Å². The lowest BCUT2D eigenvalue weighted by Crippen LogP contribution is -2.59. The van der Waals surface area contributed by atoms with Crippen LogP contribution in [0.3, 0.4) is 0 Å². The van der Waals surface area contributed by atoms with E-state index in [0.29, 0.717) is 113 Å². The lowest BCUT2D eigenvalue weighted by atomic mass is 9.86. The van der Waals surface area contributed by atoms with Crippen molar-refractivity contribution in [2.75, 3.05) is 64.6 Å². The number of nitrogens with one attached hydrogen (secondary N) is 8. The van der Waals surface area contributed by atoms with E-state index >= 15 is 0 Å². The van der Waals surface area contributed by atoms with Gasteiger partial charge in [0.05, 0.1) is 60.7 Å². The molecule has 10 N–H and O–H groups in total. The van der Waals surface area contributed by atoms with Crippen LogP contribution in [0.1, 0.15) is 172 Å². The first-order chi connectivity index (χ1) is 61.3. The topological polar surface area (TPSA) is 426 Å². The van der Waals surface area contributed by atoms with Crippen molar-refractivity contribution in [3.8, 4) is 45.8 Å². The zero-order valence-electron chi connectivity index (χ0n) is 75.6. The number of aliphatic carboxylic acids is 2. The van der Waals surface area contributed by atoms with Gasteiger partial charge in [0.1, 0.15) is 81.8 Å². The Morgan fingerprint density at radius 2 is 1.04 bits per heavy atom. The Labute approximate surface area is 760 Å². The van der Waals surface area contributed by atoms with Crippen molar-refractivity contribution >= 4 is 118 Å². The minimum Gasteiger partial charge on any atom is -0.497 e. The van der Waals surface area contributed by atoms with E-state index in [9.17, 15) is 61.8 Å². The Hall–Kier alpha value is -11.2. The number of ether oxygens (including phenoxy) is 4. The molecule has 14 rings (SSSR count). The van der Waals surface area contributed by atoms with Gasteiger partial charge in [0.2, 0.25) is 39.6 Å². The molecule has 2 aliphatic carbocycles. The number of amides is 9. The van der Waals surface area contributed by atoms with Crippen molar-refractivity contribution in [1.82, 2.24) is 70.8 Å². The van der Waals surface area contributed by atoms with Gasteiger partial charge in [0.25, 0.3) is 0 Å². The maximum atomic E-state index is 15.0. The van der Waals surface area contributed by atoms with Gasteiger partial charge in [-0.2, -0.15) is 4.31 Å². The molecule has 0 spiro atoms. The summed E-state index contributed by atoms with van der Waals surface area (Å²) >= 11 is 2.91. The van der Waals surface area contributed by atoms with Gasteiger partial charge in [-0.25, -0.2) is 47.5 Å². The van der Waals surface area contributed by atoms with Crippen LogP contribution in [0.25, 0.3) is 44.6 Å². The number of likely N-dealkylation sites (N-methyl/N-ethyl adjacent to an activating group) is 1. The molecule has 129 heavy (non-hydrogen) atoms. The first kappa shape index (κ1) is 95.3. The second kappa shape index (κ2) is 40.4. The molecule has 7 aromatic rings. The number of nitrogens with zero attached hydrogens (tertiary/aromatic N) is 8. The molecule has 0 radical (unpaired) electrons. The van der Waals surface area contributed by atoms with Gasteiger partial charge in [-0.3, -0.25) is 24.0 Å². The number of aromatic nitrogens is 4. The second-order valence-electron chi connectivity index (χ2n) is 37.4. The zero-order valence-corrected chi connectivity index (χ0v) is 78.0. The average molecular weight is 1830 g/mol. The molecule has 2 saturated carbocycles. The largest absolute Gasteiger partial charge is 0.497 e. The summed E-state index contributed by atoms with van der Waals surface area (Å²) in [4.78, 5) is 149. The van der Waals surface area contributed by atoms with Crippen LogP contribution in [0.4, 0.5) is 19.9 Å². The highest BCUT2D eigenvalue weighted by molar-refractivity contribution is 7.89. The quantitative estimate of drug-likeness (QED) is 0.0251. The molecule has 694 valence electrons. The fourth-order valence-electron chi connectivity index (χ4n) is 17.2. The molecule has 33 nitrogen and oxygen atoms in total. The lowest BCUT2D eigenvalue weighted by molar-refractivity contribution is -0.146. The first-order valence-electron chi connectivity index (χ1n) is 44.6. The highest BCUT2D eigenvalue weighted by atomic mass is 32.2. The molecule has 7 aliphatic rings. The van der Waals surface area contributed by atoms with E-state index in [4.69, 9.17) is 38.9 Å². The summed E-state index contributed by atoms with van der Waals surface area (Å²) in [7, 11) is 0.712. The minimum absolute atomic E-state index is 0.00370. The highest BCUT2D eigenvalue weighted by Crippen LogP contribution is 2.48. The molecule has 5 fully saturated rings. The Kier molecular flexibility index (Phi) is 29.9. The smallest absolute Gasteiger partial charge is 0.330 e. The number of rotatable bonds is 24. The Morgan fingerprint density at radius 3 is 1.45 bits per heavy atom. The van der Waals surface area contributed by atoms with Crippen LogP contribution in [0.5, 0.6) is 23.0 Å². The molecule has 0 bridgehead atoms. The number of benzene rings is 3. The number of allylic oxidation sites excluding steroid dienone is 2. The van der Waals surface area contributed by atoms with Gasteiger partial charge in [-0.05, 0) is 133 Å². The molecule has 36 heteroatoms. The fourth-order valence-corrected chi connectivity index (χ4v) is 20.1. The third kappa shape index (κ3) is 23.0. The van der Waals surface area contributed by atoms with Gasteiger partial charge in [0, 0.05) is 122 Å². The van der Waals surface area contributed by atoms with E-state index in [1.807, 2.05) is 116 Å². The molecule has 4 aromatic heterocycles. The summed E-state index contributed by atoms with van der Waals surface area (Å²) in [5.41, 5.74) is -0.498.